The second-order valence-corrected chi connectivity index (χ2v) is 7.98. The third kappa shape index (κ3) is 3.41. The first-order valence-electron chi connectivity index (χ1n) is 10.6. The summed E-state index contributed by atoms with van der Waals surface area (Å²) in [5.74, 6) is -0.122. The molecule has 0 aliphatic carbocycles. The van der Waals surface area contributed by atoms with Crippen molar-refractivity contribution in [1.82, 2.24) is 18.5 Å². The molecule has 2 heterocycles. The van der Waals surface area contributed by atoms with Gasteiger partial charge in [0.1, 0.15) is 0 Å². The highest BCUT2D eigenvalue weighted by Crippen LogP contribution is 2.23. The van der Waals surface area contributed by atoms with Crippen LogP contribution in [0.5, 0.6) is 0 Å². The predicted octanol–water partition coefficient (Wildman–Crippen LogP) is 3.35. The van der Waals surface area contributed by atoms with Crippen LogP contribution in [0.15, 0.2) is 88.6 Å². The van der Waals surface area contributed by atoms with Crippen molar-refractivity contribution in [3.05, 3.63) is 101 Å². The van der Waals surface area contributed by atoms with Gasteiger partial charge in [0.15, 0.2) is 0 Å². The lowest BCUT2D eigenvalue weighted by Crippen LogP contribution is -2.39. The Labute approximate surface area is 188 Å². The van der Waals surface area contributed by atoms with Crippen LogP contribution < -0.4 is 17.0 Å². The van der Waals surface area contributed by atoms with Crippen molar-refractivity contribution in [3.8, 4) is 5.69 Å². The molecule has 0 saturated heterocycles. The summed E-state index contributed by atoms with van der Waals surface area (Å²) in [6.45, 7) is 4.03. The van der Waals surface area contributed by atoms with E-state index in [1.165, 1.54) is 8.97 Å². The second kappa shape index (κ2) is 7.90. The minimum Gasteiger partial charge on any atom is -0.366 e. The molecule has 0 radical (unpaired) electrons. The number of carbonyl (C=O) groups excluding carboxylic acids is 1. The van der Waals surface area contributed by atoms with E-state index >= 15 is 0 Å². The zero-order valence-corrected chi connectivity index (χ0v) is 18.2. The van der Waals surface area contributed by atoms with Crippen LogP contribution in [-0.4, -0.2) is 24.4 Å². The number of nitrogens with zero attached hydrogens (tertiary/aromatic N) is 5. The Balaban J connectivity index is 2.00. The summed E-state index contributed by atoms with van der Waals surface area (Å²) in [6.07, 6.45) is 0. The molecule has 0 aliphatic heterocycles. The van der Waals surface area contributed by atoms with Gasteiger partial charge in [-0.3, -0.25) is 4.79 Å². The maximum Gasteiger partial charge on any atom is 0.343 e. The molecule has 3 aromatic carbocycles. The van der Waals surface area contributed by atoms with Gasteiger partial charge in [0.25, 0.3) is 0 Å². The normalized spacial score (nSPS) is 12.2. The van der Waals surface area contributed by atoms with Gasteiger partial charge in [0.2, 0.25) is 17.3 Å². The van der Waals surface area contributed by atoms with Crippen LogP contribution in [0.25, 0.3) is 22.5 Å². The smallest absolute Gasteiger partial charge is 0.343 e. The van der Waals surface area contributed by atoms with Crippen LogP contribution >= 0.6 is 0 Å². The Morgan fingerprint density at radius 2 is 1.61 bits per heavy atom. The highest BCUT2D eigenvalue weighted by Gasteiger charge is 2.20. The molecule has 8 heteroatoms. The SMILES string of the molecule is CC(C)n1c2ccc(C(N)=O)cc2n2c(=O)n(-c3ccccc3)c(=Nc3ccccc3)nc12. The monoisotopic (exact) mass is 438 g/mol. The van der Waals surface area contributed by atoms with Gasteiger partial charge in [-0.25, -0.2) is 18.8 Å². The van der Waals surface area contributed by atoms with Gasteiger partial charge in [-0.2, -0.15) is 4.98 Å². The molecule has 0 saturated carbocycles. The van der Waals surface area contributed by atoms with Gasteiger partial charge in [-0.15, -0.1) is 0 Å². The van der Waals surface area contributed by atoms with E-state index in [1.807, 2.05) is 79.1 Å². The Kier molecular flexibility index (Phi) is 4.90. The maximum atomic E-state index is 14.0. The van der Waals surface area contributed by atoms with E-state index in [0.717, 1.165) is 5.52 Å². The number of hydrogen-bond acceptors (Lipinski definition) is 4. The van der Waals surface area contributed by atoms with Crippen molar-refractivity contribution < 1.29 is 4.79 Å². The molecule has 8 nitrogen and oxygen atoms in total. The first kappa shape index (κ1) is 20.4. The molecule has 0 aliphatic rings. The highest BCUT2D eigenvalue weighted by atomic mass is 16.2. The molecule has 2 aromatic heterocycles. The summed E-state index contributed by atoms with van der Waals surface area (Å²) in [7, 11) is 0. The number of rotatable bonds is 4. The maximum absolute atomic E-state index is 14.0. The van der Waals surface area contributed by atoms with Crippen LogP contribution in [0, 0.1) is 0 Å². The van der Waals surface area contributed by atoms with Gasteiger partial charge in [0.05, 0.1) is 22.4 Å². The van der Waals surface area contributed by atoms with E-state index in [-0.39, 0.29) is 17.3 Å². The average molecular weight is 438 g/mol. The molecule has 0 atom stereocenters. The van der Waals surface area contributed by atoms with Gasteiger partial charge in [-0.1, -0.05) is 36.4 Å². The molecular weight excluding hydrogens is 416 g/mol. The van der Waals surface area contributed by atoms with Crippen LogP contribution in [0.3, 0.4) is 0 Å². The van der Waals surface area contributed by atoms with Gasteiger partial charge < -0.3 is 10.3 Å². The number of imidazole rings is 1. The molecule has 33 heavy (non-hydrogen) atoms. The van der Waals surface area contributed by atoms with Gasteiger partial charge in [0, 0.05) is 11.6 Å². The summed E-state index contributed by atoms with van der Waals surface area (Å²) in [5.41, 5.74) is 8.41. The van der Waals surface area contributed by atoms with E-state index < -0.39 is 5.91 Å². The molecule has 5 rings (SSSR count). The Hall–Kier alpha value is -4.46. The summed E-state index contributed by atoms with van der Waals surface area (Å²) < 4.78 is 4.95. The number of amides is 1. The quantitative estimate of drug-likeness (QED) is 0.466. The summed E-state index contributed by atoms with van der Waals surface area (Å²) in [5, 5.41) is 0. The lowest BCUT2D eigenvalue weighted by molar-refractivity contribution is 0.100. The molecule has 0 fully saturated rings. The largest absolute Gasteiger partial charge is 0.366 e. The minimum absolute atomic E-state index is 0.000906. The third-order valence-electron chi connectivity index (χ3n) is 5.47. The van der Waals surface area contributed by atoms with E-state index in [1.54, 1.807) is 18.2 Å². The lowest BCUT2D eigenvalue weighted by atomic mass is 10.2. The molecule has 0 unspecified atom stereocenters. The van der Waals surface area contributed by atoms with Crippen molar-refractivity contribution in [3.63, 3.8) is 0 Å². The molecule has 0 bridgehead atoms. The van der Waals surface area contributed by atoms with Crippen LogP contribution in [0.4, 0.5) is 5.69 Å². The van der Waals surface area contributed by atoms with Crippen molar-refractivity contribution >= 4 is 28.4 Å². The van der Waals surface area contributed by atoms with Gasteiger partial charge >= 0.3 is 5.69 Å². The van der Waals surface area contributed by atoms with Crippen LogP contribution in [0.1, 0.15) is 30.2 Å². The van der Waals surface area contributed by atoms with Crippen LogP contribution in [0.2, 0.25) is 0 Å². The number of primary amides is 1. The van der Waals surface area contributed by atoms with E-state index in [2.05, 4.69) is 0 Å². The topological polar surface area (TPSA) is 99.7 Å². The number of carbonyl (C=O) groups is 1. The Morgan fingerprint density at radius 1 is 0.939 bits per heavy atom. The van der Waals surface area contributed by atoms with E-state index in [0.29, 0.717) is 28.2 Å². The number of hydrogen-bond donors (Lipinski definition) is 1. The molecule has 5 aromatic rings. The number of nitrogens with two attached hydrogens (primary N) is 1. The fourth-order valence-corrected chi connectivity index (χ4v) is 4.01. The Bertz CT molecular complexity index is 1630. The molecular formula is C25H22N6O2. The summed E-state index contributed by atoms with van der Waals surface area (Å²) in [4.78, 5) is 35.4. The third-order valence-corrected chi connectivity index (χ3v) is 5.47. The number of para-hydroxylation sites is 2. The number of benzene rings is 3. The first-order valence-corrected chi connectivity index (χ1v) is 10.6. The number of fused-ring (bicyclic) bond motifs is 3. The zero-order valence-electron chi connectivity index (χ0n) is 18.2. The Morgan fingerprint density at radius 3 is 2.24 bits per heavy atom. The zero-order chi connectivity index (χ0) is 23.1. The fraction of sp³-hybridized carbons (Fsp3) is 0.120. The standard InChI is InChI=1S/C25H22N6O2/c1-16(2)29-20-14-13-17(22(26)32)15-21(20)31-24(29)28-23(27-18-9-5-3-6-10-18)30(25(31)33)19-11-7-4-8-12-19/h3-16H,1-2H3,(H2,26,32). The molecule has 0 spiro atoms. The minimum atomic E-state index is -0.560. The molecule has 1 amide bonds. The van der Waals surface area contributed by atoms with E-state index in [9.17, 15) is 9.59 Å². The van der Waals surface area contributed by atoms with Crippen LogP contribution in [-0.2, 0) is 0 Å². The first-order chi connectivity index (χ1) is 16.0. The lowest BCUT2D eigenvalue weighted by Gasteiger charge is -2.11. The average Bonchev–Trinajstić information content (AvgIpc) is 3.14. The highest BCUT2D eigenvalue weighted by molar-refractivity contribution is 5.97. The summed E-state index contributed by atoms with van der Waals surface area (Å²) >= 11 is 0. The van der Waals surface area contributed by atoms with Gasteiger partial charge in [-0.05, 0) is 56.3 Å². The van der Waals surface area contributed by atoms with E-state index in [4.69, 9.17) is 15.7 Å². The fourth-order valence-electron chi connectivity index (χ4n) is 4.01. The summed E-state index contributed by atoms with van der Waals surface area (Å²) in [6, 6.07) is 23.7. The van der Waals surface area contributed by atoms with Crippen molar-refractivity contribution in [2.75, 3.05) is 0 Å². The molecule has 2 N–H and O–H groups in total. The van der Waals surface area contributed by atoms with Crippen molar-refractivity contribution in [1.29, 1.82) is 0 Å². The van der Waals surface area contributed by atoms with Crippen molar-refractivity contribution in [2.24, 2.45) is 10.7 Å². The predicted molar refractivity (Wildman–Crippen MR) is 127 cm³/mol. The van der Waals surface area contributed by atoms with Crippen molar-refractivity contribution in [2.45, 2.75) is 19.9 Å². The number of aromatic nitrogens is 4. The second-order valence-electron chi connectivity index (χ2n) is 7.98. The molecule has 164 valence electrons.